The summed E-state index contributed by atoms with van der Waals surface area (Å²) in [5.74, 6) is 2.03. The van der Waals surface area contributed by atoms with Crippen LogP contribution in [0, 0.1) is 5.92 Å². The Morgan fingerprint density at radius 3 is 2.88 bits per heavy atom. The molecule has 1 heterocycles. The highest BCUT2D eigenvalue weighted by atomic mass is 15.1. The fourth-order valence-corrected chi connectivity index (χ4v) is 2.21. The molecule has 0 bridgehead atoms. The molecule has 1 aliphatic carbocycles. The van der Waals surface area contributed by atoms with Crippen LogP contribution >= 0.6 is 0 Å². The number of nitrogens with one attached hydrogen (secondary N) is 1. The molecule has 16 heavy (non-hydrogen) atoms. The maximum absolute atomic E-state index is 4.42. The molecule has 1 fully saturated rings. The molecular weight excluding hydrogens is 198 g/mol. The monoisotopic (exact) mass is 221 g/mol. The third kappa shape index (κ3) is 2.64. The SMILES string of the molecule is CCCn1ccnc1CNC(C)(C)C1CC1. The van der Waals surface area contributed by atoms with Gasteiger partial charge < -0.3 is 9.88 Å². The summed E-state index contributed by atoms with van der Waals surface area (Å²) in [6.45, 7) is 8.76. The van der Waals surface area contributed by atoms with Crippen LogP contribution in [0.15, 0.2) is 12.4 Å². The van der Waals surface area contributed by atoms with Gasteiger partial charge in [0.25, 0.3) is 0 Å². The van der Waals surface area contributed by atoms with Gasteiger partial charge in [-0.2, -0.15) is 0 Å². The Balaban J connectivity index is 1.90. The van der Waals surface area contributed by atoms with Crippen molar-refractivity contribution in [1.82, 2.24) is 14.9 Å². The first kappa shape index (κ1) is 11.6. The van der Waals surface area contributed by atoms with Gasteiger partial charge in [-0.15, -0.1) is 0 Å². The van der Waals surface area contributed by atoms with Crippen molar-refractivity contribution in [3.63, 3.8) is 0 Å². The van der Waals surface area contributed by atoms with E-state index in [1.54, 1.807) is 0 Å². The minimum Gasteiger partial charge on any atom is -0.334 e. The topological polar surface area (TPSA) is 29.9 Å². The van der Waals surface area contributed by atoms with E-state index in [0.717, 1.165) is 31.3 Å². The lowest BCUT2D eigenvalue weighted by atomic mass is 9.99. The van der Waals surface area contributed by atoms with E-state index >= 15 is 0 Å². The van der Waals surface area contributed by atoms with Crippen LogP contribution in [0.5, 0.6) is 0 Å². The fraction of sp³-hybridized carbons (Fsp3) is 0.769. The molecule has 1 saturated carbocycles. The highest BCUT2D eigenvalue weighted by molar-refractivity contribution is 4.98. The molecule has 1 aliphatic rings. The standard InChI is InChI=1S/C13H23N3/c1-4-8-16-9-7-14-12(16)10-15-13(2,3)11-5-6-11/h7,9,11,15H,4-6,8,10H2,1-3H3. The van der Waals surface area contributed by atoms with Gasteiger partial charge in [0, 0.05) is 24.5 Å². The number of hydrogen-bond acceptors (Lipinski definition) is 2. The lowest BCUT2D eigenvalue weighted by Gasteiger charge is -2.26. The number of rotatable bonds is 6. The van der Waals surface area contributed by atoms with Gasteiger partial charge in [0.2, 0.25) is 0 Å². The molecule has 1 aromatic rings. The number of nitrogens with zero attached hydrogens (tertiary/aromatic N) is 2. The van der Waals surface area contributed by atoms with Crippen molar-refractivity contribution in [3.05, 3.63) is 18.2 Å². The molecule has 0 aromatic carbocycles. The summed E-state index contributed by atoms with van der Waals surface area (Å²) < 4.78 is 2.25. The smallest absolute Gasteiger partial charge is 0.122 e. The van der Waals surface area contributed by atoms with Crippen molar-refractivity contribution < 1.29 is 0 Å². The summed E-state index contributed by atoms with van der Waals surface area (Å²) in [5.41, 5.74) is 0.267. The van der Waals surface area contributed by atoms with Crippen LogP contribution in [0.3, 0.4) is 0 Å². The largest absolute Gasteiger partial charge is 0.334 e. The van der Waals surface area contributed by atoms with Gasteiger partial charge in [-0.3, -0.25) is 0 Å². The molecule has 1 aromatic heterocycles. The van der Waals surface area contributed by atoms with E-state index in [9.17, 15) is 0 Å². The van der Waals surface area contributed by atoms with E-state index in [4.69, 9.17) is 0 Å². The average Bonchev–Trinajstić information content (AvgIpc) is 3.00. The molecule has 0 atom stereocenters. The van der Waals surface area contributed by atoms with E-state index in [-0.39, 0.29) is 5.54 Å². The Kier molecular flexibility index (Phi) is 3.33. The highest BCUT2D eigenvalue weighted by Gasteiger charge is 2.37. The maximum Gasteiger partial charge on any atom is 0.122 e. The predicted molar refractivity (Wildman–Crippen MR) is 66.2 cm³/mol. The minimum atomic E-state index is 0.267. The van der Waals surface area contributed by atoms with Gasteiger partial charge in [0.1, 0.15) is 5.82 Å². The fourth-order valence-electron chi connectivity index (χ4n) is 2.21. The average molecular weight is 221 g/mol. The number of aromatic nitrogens is 2. The molecule has 3 nitrogen and oxygen atoms in total. The van der Waals surface area contributed by atoms with Gasteiger partial charge in [0.15, 0.2) is 0 Å². The molecule has 0 unspecified atom stereocenters. The zero-order valence-electron chi connectivity index (χ0n) is 10.7. The van der Waals surface area contributed by atoms with Crippen molar-refractivity contribution in [2.45, 2.75) is 58.7 Å². The van der Waals surface area contributed by atoms with Crippen molar-refractivity contribution in [1.29, 1.82) is 0 Å². The Bertz CT molecular complexity index is 337. The molecule has 0 radical (unpaired) electrons. The first-order chi connectivity index (χ1) is 7.63. The molecule has 0 spiro atoms. The molecule has 1 N–H and O–H groups in total. The summed E-state index contributed by atoms with van der Waals surface area (Å²) in [6.07, 6.45) is 7.89. The van der Waals surface area contributed by atoms with Crippen LogP contribution < -0.4 is 5.32 Å². The van der Waals surface area contributed by atoms with Crippen LogP contribution in [-0.2, 0) is 13.1 Å². The van der Waals surface area contributed by atoms with Crippen LogP contribution in [0.25, 0.3) is 0 Å². The van der Waals surface area contributed by atoms with E-state index in [0.29, 0.717) is 0 Å². The van der Waals surface area contributed by atoms with Crippen LogP contribution in [-0.4, -0.2) is 15.1 Å². The number of aryl methyl sites for hydroxylation is 1. The second kappa shape index (κ2) is 4.58. The van der Waals surface area contributed by atoms with Crippen LogP contribution in [0.2, 0.25) is 0 Å². The molecule has 3 heteroatoms. The molecule has 0 saturated heterocycles. The Hall–Kier alpha value is -0.830. The second-order valence-electron chi connectivity index (χ2n) is 5.39. The summed E-state index contributed by atoms with van der Waals surface area (Å²) in [4.78, 5) is 4.42. The van der Waals surface area contributed by atoms with Crippen molar-refractivity contribution in [2.24, 2.45) is 5.92 Å². The summed E-state index contributed by atoms with van der Waals surface area (Å²) >= 11 is 0. The van der Waals surface area contributed by atoms with Crippen LogP contribution in [0.4, 0.5) is 0 Å². The van der Waals surface area contributed by atoms with Crippen molar-refractivity contribution >= 4 is 0 Å². The highest BCUT2D eigenvalue weighted by Crippen LogP contribution is 2.39. The van der Waals surface area contributed by atoms with Gasteiger partial charge in [-0.25, -0.2) is 4.98 Å². The Morgan fingerprint density at radius 2 is 2.25 bits per heavy atom. The normalized spacial score (nSPS) is 16.7. The van der Waals surface area contributed by atoms with Gasteiger partial charge >= 0.3 is 0 Å². The van der Waals surface area contributed by atoms with E-state index < -0.39 is 0 Å². The zero-order valence-corrected chi connectivity index (χ0v) is 10.7. The summed E-state index contributed by atoms with van der Waals surface area (Å²) in [6, 6.07) is 0. The molecule has 2 rings (SSSR count). The summed E-state index contributed by atoms with van der Waals surface area (Å²) in [5, 5.41) is 3.64. The first-order valence-electron chi connectivity index (χ1n) is 6.38. The third-order valence-corrected chi connectivity index (χ3v) is 3.57. The van der Waals surface area contributed by atoms with Gasteiger partial charge in [-0.1, -0.05) is 6.92 Å². The van der Waals surface area contributed by atoms with E-state index in [1.165, 1.54) is 12.8 Å². The number of hydrogen-bond donors (Lipinski definition) is 1. The summed E-state index contributed by atoms with van der Waals surface area (Å²) in [7, 11) is 0. The quantitative estimate of drug-likeness (QED) is 0.800. The molecule has 0 amide bonds. The van der Waals surface area contributed by atoms with E-state index in [2.05, 4.69) is 41.8 Å². The second-order valence-corrected chi connectivity index (χ2v) is 5.39. The van der Waals surface area contributed by atoms with Crippen LogP contribution in [0.1, 0.15) is 45.9 Å². The molecule has 90 valence electrons. The lowest BCUT2D eigenvalue weighted by Crippen LogP contribution is -2.41. The molecule has 0 aliphatic heterocycles. The van der Waals surface area contributed by atoms with Crippen molar-refractivity contribution in [2.75, 3.05) is 0 Å². The zero-order chi connectivity index (χ0) is 11.6. The number of imidazole rings is 1. The Morgan fingerprint density at radius 1 is 1.50 bits per heavy atom. The maximum atomic E-state index is 4.42. The predicted octanol–water partition coefficient (Wildman–Crippen LogP) is 2.57. The van der Waals surface area contributed by atoms with Crippen molar-refractivity contribution in [3.8, 4) is 0 Å². The molecular formula is C13H23N3. The Labute approximate surface area is 98.3 Å². The minimum absolute atomic E-state index is 0.267. The lowest BCUT2D eigenvalue weighted by molar-refractivity contribution is 0.332. The van der Waals surface area contributed by atoms with E-state index in [1.807, 2.05) is 6.20 Å². The van der Waals surface area contributed by atoms with Gasteiger partial charge in [0.05, 0.1) is 6.54 Å². The third-order valence-electron chi connectivity index (χ3n) is 3.57. The van der Waals surface area contributed by atoms with Gasteiger partial charge in [-0.05, 0) is 39.0 Å². The first-order valence-corrected chi connectivity index (χ1v) is 6.38.